The highest BCUT2D eigenvalue weighted by Gasteiger charge is 2.38. The molecule has 0 aliphatic carbocycles. The van der Waals surface area contributed by atoms with E-state index in [2.05, 4.69) is 18.3 Å². The maximum Gasteiger partial charge on any atom is 0.240 e. The summed E-state index contributed by atoms with van der Waals surface area (Å²) in [5.41, 5.74) is 6.52. The largest absolute Gasteiger partial charge is 0.454 e. The van der Waals surface area contributed by atoms with Gasteiger partial charge in [-0.3, -0.25) is 14.5 Å². The summed E-state index contributed by atoms with van der Waals surface area (Å²) in [6.45, 7) is 5.28. The Morgan fingerprint density at radius 1 is 1.05 bits per heavy atom. The SMILES string of the molecule is Cc1ccc(-n2nc(-c3ccccc3)c3c2N(CC(=O)NC[C@@H]2CCCO2)C(=O)CS[C@@H]3c2ccc3c(c2)OCO3)c(C)c1. The summed E-state index contributed by atoms with van der Waals surface area (Å²) in [4.78, 5) is 29.1. The lowest BCUT2D eigenvalue weighted by Gasteiger charge is -2.24. The summed E-state index contributed by atoms with van der Waals surface area (Å²) in [6.07, 6.45) is 1.91. The van der Waals surface area contributed by atoms with E-state index in [1.807, 2.05) is 72.3 Å². The lowest BCUT2D eigenvalue weighted by atomic mass is 9.99. The molecule has 0 saturated carbocycles. The first-order valence-corrected chi connectivity index (χ1v) is 16.0. The normalized spacial score (nSPS) is 19.1. The van der Waals surface area contributed by atoms with Crippen LogP contribution >= 0.6 is 11.8 Å². The third kappa shape index (κ3) is 5.44. The minimum atomic E-state index is -0.266. The molecular formula is C34H34N4O5S. The molecule has 226 valence electrons. The van der Waals surface area contributed by atoms with Crippen LogP contribution in [0.1, 0.15) is 40.3 Å². The first-order valence-electron chi connectivity index (χ1n) is 14.9. The minimum Gasteiger partial charge on any atom is -0.454 e. The molecule has 0 bridgehead atoms. The van der Waals surface area contributed by atoms with Crippen LogP contribution < -0.4 is 19.7 Å². The van der Waals surface area contributed by atoms with Crippen molar-refractivity contribution in [1.82, 2.24) is 15.1 Å². The van der Waals surface area contributed by atoms with E-state index in [9.17, 15) is 9.59 Å². The first kappa shape index (κ1) is 28.5. The van der Waals surface area contributed by atoms with Gasteiger partial charge in [0.05, 0.1) is 28.5 Å². The summed E-state index contributed by atoms with van der Waals surface area (Å²) in [5, 5.41) is 7.96. The molecule has 4 heterocycles. The molecule has 1 N–H and O–H groups in total. The zero-order valence-corrected chi connectivity index (χ0v) is 25.6. The fraction of sp³-hybridized carbons (Fsp3) is 0.324. The van der Waals surface area contributed by atoms with Gasteiger partial charge in [0.1, 0.15) is 12.4 Å². The molecule has 1 fully saturated rings. The van der Waals surface area contributed by atoms with Gasteiger partial charge in [0.25, 0.3) is 0 Å². The zero-order chi connectivity index (χ0) is 30.2. The van der Waals surface area contributed by atoms with Crippen LogP contribution in [0, 0.1) is 13.8 Å². The van der Waals surface area contributed by atoms with Gasteiger partial charge in [0, 0.05) is 24.3 Å². The quantitative estimate of drug-likeness (QED) is 0.302. The molecule has 2 amide bonds. The van der Waals surface area contributed by atoms with E-state index in [1.54, 1.807) is 4.90 Å². The molecule has 7 rings (SSSR count). The first-order chi connectivity index (χ1) is 21.5. The van der Waals surface area contributed by atoms with Gasteiger partial charge >= 0.3 is 0 Å². The van der Waals surface area contributed by atoms with Gasteiger partial charge in [0.15, 0.2) is 11.5 Å². The van der Waals surface area contributed by atoms with Crippen LogP contribution in [-0.2, 0) is 14.3 Å². The maximum atomic E-state index is 14.0. The Hall–Kier alpha value is -4.28. The molecule has 1 saturated heterocycles. The number of aromatic nitrogens is 2. The molecule has 0 unspecified atom stereocenters. The number of benzene rings is 3. The third-order valence-corrected chi connectivity index (χ3v) is 9.52. The molecule has 44 heavy (non-hydrogen) atoms. The molecule has 10 heteroatoms. The van der Waals surface area contributed by atoms with E-state index in [1.165, 1.54) is 11.8 Å². The zero-order valence-electron chi connectivity index (χ0n) is 24.7. The molecule has 3 aromatic carbocycles. The number of anilines is 1. The van der Waals surface area contributed by atoms with Crippen molar-refractivity contribution < 1.29 is 23.8 Å². The second-order valence-corrected chi connectivity index (χ2v) is 12.5. The van der Waals surface area contributed by atoms with Crippen molar-refractivity contribution in [3.8, 4) is 28.4 Å². The van der Waals surface area contributed by atoms with E-state index in [0.29, 0.717) is 30.5 Å². The number of rotatable bonds is 7. The standard InChI is InChI=1S/C34H34N4O5S/c1-21-10-12-26(22(2)15-21)38-34-31(32(36-38)23-7-4-3-5-8-23)33(24-11-13-27-28(16-24)43-20-42-27)44-19-30(40)37(34)18-29(39)35-17-25-9-6-14-41-25/h3-5,7-8,10-13,15-16,25,33H,6,9,14,17-20H2,1-2H3,(H,35,39)/t25-,33+/m0/s1. The van der Waals surface area contributed by atoms with Crippen molar-refractivity contribution in [3.63, 3.8) is 0 Å². The van der Waals surface area contributed by atoms with Crippen molar-refractivity contribution in [2.75, 3.05) is 37.1 Å². The highest BCUT2D eigenvalue weighted by molar-refractivity contribution is 8.00. The average Bonchev–Trinajstić information content (AvgIpc) is 3.78. The maximum absolute atomic E-state index is 14.0. The van der Waals surface area contributed by atoms with Gasteiger partial charge < -0.3 is 19.5 Å². The van der Waals surface area contributed by atoms with Gasteiger partial charge in [-0.15, -0.1) is 11.8 Å². The highest BCUT2D eigenvalue weighted by Crippen LogP contribution is 2.50. The van der Waals surface area contributed by atoms with Crippen LogP contribution in [0.2, 0.25) is 0 Å². The minimum absolute atomic E-state index is 0.00529. The summed E-state index contributed by atoms with van der Waals surface area (Å²) >= 11 is 1.53. The van der Waals surface area contributed by atoms with Crippen LogP contribution in [0.5, 0.6) is 11.5 Å². The highest BCUT2D eigenvalue weighted by atomic mass is 32.2. The Bertz CT molecular complexity index is 1720. The van der Waals surface area contributed by atoms with E-state index in [-0.39, 0.29) is 42.3 Å². The molecule has 4 aromatic rings. The van der Waals surface area contributed by atoms with Gasteiger partial charge in [0.2, 0.25) is 18.6 Å². The van der Waals surface area contributed by atoms with E-state index < -0.39 is 0 Å². The summed E-state index contributed by atoms with van der Waals surface area (Å²) < 4.78 is 18.9. The third-order valence-electron chi connectivity index (χ3n) is 8.27. The number of nitrogens with one attached hydrogen (secondary N) is 1. The number of fused-ring (bicyclic) bond motifs is 2. The van der Waals surface area contributed by atoms with Crippen LogP contribution in [-0.4, -0.2) is 59.9 Å². The monoisotopic (exact) mass is 610 g/mol. The number of ether oxygens (including phenoxy) is 3. The Kier molecular flexibility index (Phi) is 7.78. The number of thioether (sulfide) groups is 1. The molecule has 3 aliphatic heterocycles. The molecule has 1 aromatic heterocycles. The summed E-state index contributed by atoms with van der Waals surface area (Å²) in [6, 6.07) is 22.1. The van der Waals surface area contributed by atoms with Gasteiger partial charge in [-0.2, -0.15) is 5.10 Å². The number of aryl methyl sites for hydroxylation is 2. The predicted molar refractivity (Wildman–Crippen MR) is 170 cm³/mol. The van der Waals surface area contributed by atoms with Crippen LogP contribution in [0.4, 0.5) is 5.82 Å². The van der Waals surface area contributed by atoms with Crippen molar-refractivity contribution in [2.24, 2.45) is 0 Å². The second kappa shape index (κ2) is 12.0. The topological polar surface area (TPSA) is 94.9 Å². The number of hydrogen-bond donors (Lipinski definition) is 1. The average molecular weight is 611 g/mol. The molecule has 0 spiro atoms. The Balaban J connectivity index is 1.40. The predicted octanol–water partition coefficient (Wildman–Crippen LogP) is 5.35. The molecule has 3 aliphatic rings. The van der Waals surface area contributed by atoms with Crippen molar-refractivity contribution in [2.45, 2.75) is 38.0 Å². The van der Waals surface area contributed by atoms with E-state index in [4.69, 9.17) is 19.3 Å². The molecule has 0 radical (unpaired) electrons. The van der Waals surface area contributed by atoms with Crippen LogP contribution in [0.3, 0.4) is 0 Å². The Labute approximate surface area is 260 Å². The number of carbonyl (C=O) groups excluding carboxylic acids is 2. The lowest BCUT2D eigenvalue weighted by molar-refractivity contribution is -0.123. The number of nitrogens with zero attached hydrogens (tertiary/aromatic N) is 3. The summed E-state index contributed by atoms with van der Waals surface area (Å²) in [5.74, 6) is 1.77. The number of hydrogen-bond acceptors (Lipinski definition) is 7. The fourth-order valence-corrected chi connectivity index (χ4v) is 7.30. The second-order valence-electron chi connectivity index (χ2n) is 11.4. The molecular weight excluding hydrogens is 576 g/mol. The van der Waals surface area contributed by atoms with Gasteiger partial charge in [-0.1, -0.05) is 54.1 Å². The Morgan fingerprint density at radius 2 is 1.89 bits per heavy atom. The van der Waals surface area contributed by atoms with Gasteiger partial charge in [-0.05, 0) is 56.0 Å². The number of carbonyl (C=O) groups is 2. The van der Waals surface area contributed by atoms with Crippen molar-refractivity contribution in [1.29, 1.82) is 0 Å². The van der Waals surface area contributed by atoms with Crippen molar-refractivity contribution >= 4 is 29.4 Å². The smallest absolute Gasteiger partial charge is 0.240 e. The lowest BCUT2D eigenvalue weighted by Crippen LogP contribution is -2.44. The van der Waals surface area contributed by atoms with Crippen molar-refractivity contribution in [3.05, 3.63) is 89.0 Å². The van der Waals surface area contributed by atoms with E-state index in [0.717, 1.165) is 52.0 Å². The number of amides is 2. The van der Waals surface area contributed by atoms with Gasteiger partial charge in [-0.25, -0.2) is 4.68 Å². The molecule has 9 nitrogen and oxygen atoms in total. The van der Waals surface area contributed by atoms with Crippen LogP contribution in [0.25, 0.3) is 16.9 Å². The van der Waals surface area contributed by atoms with Crippen LogP contribution in [0.15, 0.2) is 66.7 Å². The summed E-state index contributed by atoms with van der Waals surface area (Å²) in [7, 11) is 0. The fourth-order valence-electron chi connectivity index (χ4n) is 6.11. The molecule has 2 atom stereocenters. The Morgan fingerprint density at radius 3 is 2.68 bits per heavy atom. The van der Waals surface area contributed by atoms with E-state index >= 15 is 0 Å².